The fourth-order valence-corrected chi connectivity index (χ4v) is 2.76. The highest BCUT2D eigenvalue weighted by atomic mass is 16.6. The molecular weight excluding hydrogens is 232 g/mol. The van der Waals surface area contributed by atoms with Gasteiger partial charge >= 0.3 is 5.97 Å². The number of rotatable bonds is 6. The molecule has 0 saturated carbocycles. The Bertz CT molecular complexity index is 279. The van der Waals surface area contributed by atoms with E-state index in [1.54, 1.807) is 0 Å². The predicted molar refractivity (Wildman–Crippen MR) is 67.3 cm³/mol. The largest absolute Gasteiger partial charge is 0.457 e. The molecule has 2 fully saturated rings. The molecular formula is C14H24O4. The van der Waals surface area contributed by atoms with E-state index in [1.165, 1.54) is 12.8 Å². The molecule has 0 aliphatic carbocycles. The van der Waals surface area contributed by atoms with E-state index in [-0.39, 0.29) is 24.3 Å². The highest BCUT2D eigenvalue weighted by Crippen LogP contribution is 2.28. The molecule has 0 aromatic carbocycles. The lowest BCUT2D eigenvalue weighted by Crippen LogP contribution is -2.32. The standard InChI is InChI=1S/C14H24O4/c1-3-4-10(2)5-6-13(15)18-12-9-17-11-7-8-16-14(11)12/h10-12,14H,3-9H2,1-2H3. The molecule has 104 valence electrons. The van der Waals surface area contributed by atoms with E-state index >= 15 is 0 Å². The van der Waals surface area contributed by atoms with Crippen molar-refractivity contribution in [1.29, 1.82) is 0 Å². The Morgan fingerprint density at radius 1 is 1.39 bits per heavy atom. The van der Waals surface area contributed by atoms with Crippen LogP contribution in [0.1, 0.15) is 46.0 Å². The van der Waals surface area contributed by atoms with Crippen molar-refractivity contribution < 1.29 is 19.0 Å². The van der Waals surface area contributed by atoms with Gasteiger partial charge < -0.3 is 14.2 Å². The van der Waals surface area contributed by atoms with E-state index in [0.29, 0.717) is 18.9 Å². The molecule has 2 rings (SSSR count). The van der Waals surface area contributed by atoms with Crippen LogP contribution in [0.15, 0.2) is 0 Å². The Hall–Kier alpha value is -0.610. The summed E-state index contributed by atoms with van der Waals surface area (Å²) >= 11 is 0. The third kappa shape index (κ3) is 3.45. The molecule has 2 aliphatic heterocycles. The van der Waals surface area contributed by atoms with Crippen molar-refractivity contribution in [2.24, 2.45) is 5.92 Å². The summed E-state index contributed by atoms with van der Waals surface area (Å²) in [5.41, 5.74) is 0. The Morgan fingerprint density at radius 3 is 3.00 bits per heavy atom. The summed E-state index contributed by atoms with van der Waals surface area (Å²) in [6, 6.07) is 0. The summed E-state index contributed by atoms with van der Waals surface area (Å²) in [5.74, 6) is 0.487. The molecule has 18 heavy (non-hydrogen) atoms. The predicted octanol–water partition coefficient (Wildman–Crippen LogP) is 2.30. The van der Waals surface area contributed by atoms with Gasteiger partial charge in [-0.1, -0.05) is 26.7 Å². The number of carbonyl (C=O) groups is 1. The summed E-state index contributed by atoms with van der Waals surface area (Å²) < 4.78 is 16.6. The average Bonchev–Trinajstić information content (AvgIpc) is 2.92. The number of esters is 1. The normalized spacial score (nSPS) is 32.2. The molecule has 0 N–H and O–H groups in total. The van der Waals surface area contributed by atoms with E-state index in [1.807, 2.05) is 0 Å². The Morgan fingerprint density at radius 2 is 2.22 bits per heavy atom. The van der Waals surface area contributed by atoms with Gasteiger partial charge in [-0.3, -0.25) is 4.79 Å². The van der Waals surface area contributed by atoms with Gasteiger partial charge in [0, 0.05) is 13.0 Å². The van der Waals surface area contributed by atoms with Crippen LogP contribution in [-0.2, 0) is 19.0 Å². The lowest BCUT2D eigenvalue weighted by molar-refractivity contribution is -0.154. The van der Waals surface area contributed by atoms with Gasteiger partial charge in [-0.15, -0.1) is 0 Å². The van der Waals surface area contributed by atoms with Crippen LogP contribution < -0.4 is 0 Å². The monoisotopic (exact) mass is 256 g/mol. The molecule has 0 amide bonds. The number of ether oxygens (including phenoxy) is 3. The lowest BCUT2D eigenvalue weighted by atomic mass is 10.0. The maximum Gasteiger partial charge on any atom is 0.306 e. The molecule has 0 aromatic rings. The fourth-order valence-electron chi connectivity index (χ4n) is 2.76. The van der Waals surface area contributed by atoms with Crippen LogP contribution in [0, 0.1) is 5.92 Å². The second kappa shape index (κ2) is 6.53. The molecule has 4 heteroatoms. The van der Waals surface area contributed by atoms with Gasteiger partial charge in [0.25, 0.3) is 0 Å². The molecule has 0 radical (unpaired) electrons. The molecule has 0 aromatic heterocycles. The quantitative estimate of drug-likeness (QED) is 0.684. The van der Waals surface area contributed by atoms with Crippen LogP contribution in [0.4, 0.5) is 0 Å². The van der Waals surface area contributed by atoms with Gasteiger partial charge in [-0.05, 0) is 18.8 Å². The molecule has 0 bridgehead atoms. The van der Waals surface area contributed by atoms with E-state index < -0.39 is 0 Å². The number of fused-ring (bicyclic) bond motifs is 1. The van der Waals surface area contributed by atoms with Crippen LogP contribution in [-0.4, -0.2) is 37.5 Å². The SMILES string of the molecule is CCCC(C)CCC(=O)OC1COC2CCOC21. The third-order valence-electron chi connectivity index (χ3n) is 3.83. The Balaban J connectivity index is 1.68. The highest BCUT2D eigenvalue weighted by molar-refractivity contribution is 5.69. The van der Waals surface area contributed by atoms with Gasteiger partial charge in [0.15, 0.2) is 6.10 Å². The van der Waals surface area contributed by atoms with Crippen molar-refractivity contribution in [2.45, 2.75) is 64.3 Å². The topological polar surface area (TPSA) is 44.8 Å². The fraction of sp³-hybridized carbons (Fsp3) is 0.929. The molecule has 4 atom stereocenters. The van der Waals surface area contributed by atoms with Crippen molar-refractivity contribution >= 4 is 5.97 Å². The first kappa shape index (κ1) is 13.8. The highest BCUT2D eigenvalue weighted by Gasteiger charge is 2.43. The lowest BCUT2D eigenvalue weighted by Gasteiger charge is -2.17. The first-order valence-electron chi connectivity index (χ1n) is 7.13. The first-order valence-corrected chi connectivity index (χ1v) is 7.13. The van der Waals surface area contributed by atoms with E-state index in [0.717, 1.165) is 19.4 Å². The Labute approximate surface area is 109 Å². The molecule has 0 spiro atoms. The van der Waals surface area contributed by atoms with Gasteiger partial charge in [0.1, 0.15) is 6.10 Å². The van der Waals surface area contributed by atoms with E-state index in [4.69, 9.17) is 14.2 Å². The molecule has 4 nitrogen and oxygen atoms in total. The zero-order valence-corrected chi connectivity index (χ0v) is 11.4. The van der Waals surface area contributed by atoms with Crippen molar-refractivity contribution in [1.82, 2.24) is 0 Å². The molecule has 2 heterocycles. The van der Waals surface area contributed by atoms with E-state index in [9.17, 15) is 4.79 Å². The summed E-state index contributed by atoms with van der Waals surface area (Å²) in [5, 5.41) is 0. The number of carbonyl (C=O) groups excluding carboxylic acids is 1. The summed E-state index contributed by atoms with van der Waals surface area (Å²) in [7, 11) is 0. The van der Waals surface area contributed by atoms with Crippen LogP contribution in [0.25, 0.3) is 0 Å². The average molecular weight is 256 g/mol. The second-order valence-electron chi connectivity index (χ2n) is 5.46. The molecule has 2 saturated heterocycles. The molecule has 4 unspecified atom stereocenters. The number of hydrogen-bond acceptors (Lipinski definition) is 4. The van der Waals surface area contributed by atoms with Gasteiger partial charge in [0.2, 0.25) is 0 Å². The van der Waals surface area contributed by atoms with Crippen LogP contribution in [0.5, 0.6) is 0 Å². The zero-order valence-electron chi connectivity index (χ0n) is 11.4. The van der Waals surface area contributed by atoms with Crippen molar-refractivity contribution in [3.63, 3.8) is 0 Å². The first-order chi connectivity index (χ1) is 8.70. The van der Waals surface area contributed by atoms with Crippen molar-refractivity contribution in [2.75, 3.05) is 13.2 Å². The maximum atomic E-state index is 11.8. The number of hydrogen-bond donors (Lipinski definition) is 0. The Kier molecular flexibility index (Phi) is 5.01. The van der Waals surface area contributed by atoms with Gasteiger partial charge in [-0.25, -0.2) is 0 Å². The molecule has 2 aliphatic rings. The van der Waals surface area contributed by atoms with Crippen LogP contribution in [0.3, 0.4) is 0 Å². The summed E-state index contributed by atoms with van der Waals surface area (Å²) in [6.07, 6.45) is 4.62. The van der Waals surface area contributed by atoms with Gasteiger partial charge in [-0.2, -0.15) is 0 Å². The minimum atomic E-state index is -0.188. The third-order valence-corrected chi connectivity index (χ3v) is 3.83. The van der Waals surface area contributed by atoms with Crippen LogP contribution in [0.2, 0.25) is 0 Å². The van der Waals surface area contributed by atoms with E-state index in [2.05, 4.69) is 13.8 Å². The van der Waals surface area contributed by atoms with Crippen molar-refractivity contribution in [3.8, 4) is 0 Å². The minimum Gasteiger partial charge on any atom is -0.457 e. The van der Waals surface area contributed by atoms with Gasteiger partial charge in [0.05, 0.1) is 12.7 Å². The second-order valence-corrected chi connectivity index (χ2v) is 5.46. The summed E-state index contributed by atoms with van der Waals surface area (Å²) in [6.45, 7) is 5.57. The van der Waals surface area contributed by atoms with Crippen molar-refractivity contribution in [3.05, 3.63) is 0 Å². The minimum absolute atomic E-state index is 0.0259. The smallest absolute Gasteiger partial charge is 0.306 e. The maximum absolute atomic E-state index is 11.8. The van der Waals surface area contributed by atoms with Crippen LogP contribution >= 0.6 is 0 Å². The zero-order chi connectivity index (χ0) is 13.0. The summed E-state index contributed by atoms with van der Waals surface area (Å²) in [4.78, 5) is 11.8.